The Morgan fingerprint density at radius 3 is 2.36 bits per heavy atom. The molecule has 0 fully saturated rings. The largest absolute Gasteiger partial charge is 0.493 e. The molecule has 0 radical (unpaired) electrons. The minimum Gasteiger partial charge on any atom is -0.493 e. The Balaban J connectivity index is 1.98. The number of esters is 1. The van der Waals surface area contributed by atoms with E-state index in [0.29, 0.717) is 38.9 Å². The highest BCUT2D eigenvalue weighted by atomic mass is 32.2. The van der Waals surface area contributed by atoms with E-state index in [1.807, 2.05) is 0 Å². The molecule has 152 valence electrons. The third-order valence-corrected chi connectivity index (χ3v) is 5.31. The molecule has 0 spiro atoms. The van der Waals surface area contributed by atoms with Crippen LogP contribution in [-0.2, 0) is 20.7 Å². The van der Waals surface area contributed by atoms with E-state index in [1.54, 1.807) is 19.1 Å². The van der Waals surface area contributed by atoms with E-state index in [2.05, 4.69) is 15.5 Å². The maximum absolute atomic E-state index is 12.3. The van der Waals surface area contributed by atoms with Gasteiger partial charge in [0.1, 0.15) is 0 Å². The molecule has 0 atom stereocenters. The summed E-state index contributed by atoms with van der Waals surface area (Å²) in [6, 6.07) is 3.42. The van der Waals surface area contributed by atoms with Crippen molar-refractivity contribution in [1.82, 2.24) is 10.2 Å². The fraction of sp³-hybridized carbons (Fsp3) is 0.412. The van der Waals surface area contributed by atoms with Crippen LogP contribution in [0.3, 0.4) is 0 Å². The molecular weight excluding hydrogens is 406 g/mol. The normalized spacial score (nSPS) is 10.3. The molecule has 1 heterocycles. The Hall–Kier alpha value is -2.53. The van der Waals surface area contributed by atoms with E-state index in [4.69, 9.17) is 18.9 Å². The number of ether oxygens (including phenoxy) is 4. The van der Waals surface area contributed by atoms with Gasteiger partial charge in [0.2, 0.25) is 16.8 Å². The van der Waals surface area contributed by atoms with Crippen molar-refractivity contribution in [2.75, 3.05) is 39.0 Å². The standard InChI is InChI=1S/C17H21N3O6S2/c1-5-26-14(22)9-27-17-20-19-16(28-17)18-13(21)8-10-6-11(23-2)15(25-4)12(7-10)24-3/h6-7H,5,8-9H2,1-4H3,(H,18,19,21). The number of rotatable bonds is 10. The molecule has 0 aliphatic rings. The van der Waals surface area contributed by atoms with Gasteiger partial charge in [0, 0.05) is 0 Å². The molecule has 2 rings (SSSR count). The molecule has 0 saturated heterocycles. The molecule has 1 amide bonds. The Labute approximate surface area is 170 Å². The van der Waals surface area contributed by atoms with Crippen molar-refractivity contribution in [1.29, 1.82) is 0 Å². The van der Waals surface area contributed by atoms with Crippen LogP contribution < -0.4 is 19.5 Å². The number of amides is 1. The summed E-state index contributed by atoms with van der Waals surface area (Å²) in [4.78, 5) is 23.7. The second-order valence-electron chi connectivity index (χ2n) is 5.23. The number of carbonyl (C=O) groups excluding carboxylic acids is 2. The van der Waals surface area contributed by atoms with Crippen LogP contribution in [-0.4, -0.2) is 55.8 Å². The highest BCUT2D eigenvalue weighted by molar-refractivity contribution is 8.01. The summed E-state index contributed by atoms with van der Waals surface area (Å²) in [5.74, 6) is 0.947. The van der Waals surface area contributed by atoms with Gasteiger partial charge in [0.05, 0.1) is 40.1 Å². The van der Waals surface area contributed by atoms with Crippen molar-refractivity contribution in [3.05, 3.63) is 17.7 Å². The van der Waals surface area contributed by atoms with Gasteiger partial charge in [-0.3, -0.25) is 9.59 Å². The third kappa shape index (κ3) is 5.99. The Morgan fingerprint density at radius 2 is 1.79 bits per heavy atom. The summed E-state index contributed by atoms with van der Waals surface area (Å²) in [5.41, 5.74) is 0.688. The van der Waals surface area contributed by atoms with Crippen LogP contribution in [0.1, 0.15) is 12.5 Å². The van der Waals surface area contributed by atoms with Gasteiger partial charge in [-0.25, -0.2) is 0 Å². The highest BCUT2D eigenvalue weighted by Crippen LogP contribution is 2.38. The van der Waals surface area contributed by atoms with E-state index >= 15 is 0 Å². The first-order valence-electron chi connectivity index (χ1n) is 8.21. The van der Waals surface area contributed by atoms with Crippen LogP contribution in [0.25, 0.3) is 0 Å². The van der Waals surface area contributed by atoms with Gasteiger partial charge in [-0.15, -0.1) is 10.2 Å². The summed E-state index contributed by atoms with van der Waals surface area (Å²) in [5, 5.41) is 10.9. The molecule has 9 nitrogen and oxygen atoms in total. The molecule has 0 saturated carbocycles. The number of nitrogens with zero attached hydrogens (tertiary/aromatic N) is 2. The second-order valence-corrected chi connectivity index (χ2v) is 7.43. The first-order chi connectivity index (χ1) is 13.5. The summed E-state index contributed by atoms with van der Waals surface area (Å²) in [7, 11) is 4.54. The summed E-state index contributed by atoms with van der Waals surface area (Å²) >= 11 is 2.39. The zero-order valence-corrected chi connectivity index (χ0v) is 17.6. The molecule has 0 bridgehead atoms. The SMILES string of the molecule is CCOC(=O)CSc1nnc(NC(=O)Cc2cc(OC)c(OC)c(OC)c2)s1. The molecule has 2 aromatic rings. The number of hydrogen-bond acceptors (Lipinski definition) is 10. The first kappa shape index (κ1) is 21.8. The van der Waals surface area contributed by atoms with E-state index in [-0.39, 0.29) is 24.1 Å². The zero-order valence-electron chi connectivity index (χ0n) is 15.9. The van der Waals surface area contributed by atoms with Crippen LogP contribution in [0.2, 0.25) is 0 Å². The van der Waals surface area contributed by atoms with Gasteiger partial charge >= 0.3 is 5.97 Å². The summed E-state index contributed by atoms with van der Waals surface area (Å²) < 4.78 is 21.3. The van der Waals surface area contributed by atoms with Crippen LogP contribution in [0.5, 0.6) is 17.2 Å². The number of carbonyl (C=O) groups is 2. The predicted octanol–water partition coefficient (Wildman–Crippen LogP) is 2.40. The predicted molar refractivity (Wildman–Crippen MR) is 106 cm³/mol. The zero-order chi connectivity index (χ0) is 20.5. The minimum atomic E-state index is -0.323. The molecule has 0 aliphatic carbocycles. The maximum atomic E-state index is 12.3. The fourth-order valence-electron chi connectivity index (χ4n) is 2.23. The van der Waals surface area contributed by atoms with Gasteiger partial charge in [-0.2, -0.15) is 0 Å². The van der Waals surface area contributed by atoms with E-state index in [0.717, 1.165) is 0 Å². The smallest absolute Gasteiger partial charge is 0.316 e. The van der Waals surface area contributed by atoms with Crippen molar-refractivity contribution in [3.8, 4) is 17.2 Å². The average molecular weight is 428 g/mol. The van der Waals surface area contributed by atoms with Gasteiger partial charge in [-0.05, 0) is 24.6 Å². The topological polar surface area (TPSA) is 109 Å². The molecule has 0 unspecified atom stereocenters. The summed E-state index contributed by atoms with van der Waals surface area (Å²) in [6.45, 7) is 2.08. The lowest BCUT2D eigenvalue weighted by atomic mass is 10.1. The van der Waals surface area contributed by atoms with Gasteiger partial charge < -0.3 is 24.3 Å². The number of benzene rings is 1. The number of methoxy groups -OCH3 is 3. The molecular formula is C17H21N3O6S2. The monoisotopic (exact) mass is 427 g/mol. The molecule has 0 aliphatic heterocycles. The number of hydrogen-bond donors (Lipinski definition) is 1. The van der Waals surface area contributed by atoms with Crippen LogP contribution in [0, 0.1) is 0 Å². The van der Waals surface area contributed by atoms with Crippen LogP contribution >= 0.6 is 23.1 Å². The first-order valence-corrected chi connectivity index (χ1v) is 10.0. The van der Waals surface area contributed by atoms with E-state index in [9.17, 15) is 9.59 Å². The number of thioether (sulfide) groups is 1. The molecule has 1 aromatic heterocycles. The minimum absolute atomic E-state index is 0.0849. The molecule has 1 N–H and O–H groups in total. The van der Waals surface area contributed by atoms with E-state index in [1.165, 1.54) is 44.4 Å². The lowest BCUT2D eigenvalue weighted by Crippen LogP contribution is -2.14. The Kier molecular flexibility index (Phi) is 8.33. The van der Waals surface area contributed by atoms with Crippen molar-refractivity contribution in [2.45, 2.75) is 17.7 Å². The van der Waals surface area contributed by atoms with Gasteiger partial charge in [0.15, 0.2) is 15.8 Å². The Bertz CT molecular complexity index is 802. The molecule has 28 heavy (non-hydrogen) atoms. The van der Waals surface area contributed by atoms with E-state index < -0.39 is 0 Å². The van der Waals surface area contributed by atoms with Crippen molar-refractivity contribution in [3.63, 3.8) is 0 Å². The molecule has 11 heteroatoms. The highest BCUT2D eigenvalue weighted by Gasteiger charge is 2.16. The maximum Gasteiger partial charge on any atom is 0.316 e. The quantitative estimate of drug-likeness (QED) is 0.347. The van der Waals surface area contributed by atoms with Gasteiger partial charge in [-0.1, -0.05) is 23.1 Å². The van der Waals surface area contributed by atoms with Crippen molar-refractivity contribution in [2.24, 2.45) is 0 Å². The average Bonchev–Trinajstić information content (AvgIpc) is 3.12. The number of anilines is 1. The summed E-state index contributed by atoms with van der Waals surface area (Å²) in [6.07, 6.45) is 0.0849. The van der Waals surface area contributed by atoms with Crippen LogP contribution in [0.4, 0.5) is 5.13 Å². The lowest BCUT2D eigenvalue weighted by molar-refractivity contribution is -0.139. The number of nitrogens with one attached hydrogen (secondary N) is 1. The van der Waals surface area contributed by atoms with Crippen LogP contribution in [0.15, 0.2) is 16.5 Å². The third-order valence-electron chi connectivity index (χ3n) is 3.36. The second kappa shape index (κ2) is 10.7. The molecule has 1 aromatic carbocycles. The van der Waals surface area contributed by atoms with Crippen molar-refractivity contribution < 1.29 is 28.5 Å². The lowest BCUT2D eigenvalue weighted by Gasteiger charge is -2.13. The number of aromatic nitrogens is 2. The Morgan fingerprint density at radius 1 is 1.11 bits per heavy atom. The van der Waals surface area contributed by atoms with Crippen molar-refractivity contribution >= 4 is 40.1 Å². The fourth-order valence-corrected chi connectivity index (χ4v) is 3.79. The van der Waals surface area contributed by atoms with Gasteiger partial charge in [0.25, 0.3) is 0 Å².